The molecule has 1 heterocycles. The van der Waals surface area contributed by atoms with Gasteiger partial charge in [-0.2, -0.15) is 5.26 Å². The molecule has 8 heteroatoms. The lowest BCUT2D eigenvalue weighted by molar-refractivity contribution is -0.123. The molecule has 1 aromatic heterocycles. The maximum atomic E-state index is 12.4. The fraction of sp³-hybridized carbons (Fsp3) is 0.350. The van der Waals surface area contributed by atoms with Gasteiger partial charge in [0.1, 0.15) is 11.1 Å². The third-order valence-corrected chi connectivity index (χ3v) is 4.48. The first-order valence-electron chi connectivity index (χ1n) is 8.66. The van der Waals surface area contributed by atoms with Gasteiger partial charge in [-0.3, -0.25) is 4.79 Å². The molecule has 2 aromatic rings. The fourth-order valence-corrected chi connectivity index (χ4v) is 2.90. The molecule has 1 atom stereocenters. The van der Waals surface area contributed by atoms with E-state index in [0.29, 0.717) is 34.6 Å². The normalized spacial score (nSPS) is 11.4. The van der Waals surface area contributed by atoms with Gasteiger partial charge in [-0.25, -0.2) is 4.79 Å². The number of nitriles is 1. The van der Waals surface area contributed by atoms with Gasteiger partial charge in [-0.1, -0.05) is 13.8 Å². The number of rotatable bonds is 8. The van der Waals surface area contributed by atoms with E-state index in [0.717, 1.165) is 0 Å². The molecule has 0 spiro atoms. The number of methoxy groups -OCH3 is 1. The van der Waals surface area contributed by atoms with Crippen molar-refractivity contribution in [2.24, 2.45) is 5.92 Å². The molecule has 2 rings (SSSR count). The van der Waals surface area contributed by atoms with E-state index in [1.807, 2.05) is 19.9 Å². The minimum absolute atomic E-state index is 0.238. The highest BCUT2D eigenvalue weighted by atomic mass is 32.1. The predicted octanol–water partition coefficient (Wildman–Crippen LogP) is 3.85. The number of carbonyl (C=O) groups excluding carboxylic acids is 2. The molecule has 1 N–H and O–H groups in total. The molecule has 7 nitrogen and oxygen atoms in total. The molecule has 0 radical (unpaired) electrons. The number of thiophene rings is 1. The molecule has 0 bridgehead atoms. The lowest BCUT2D eigenvalue weighted by Gasteiger charge is -2.15. The van der Waals surface area contributed by atoms with Gasteiger partial charge in [-0.15, -0.1) is 11.3 Å². The first-order valence-corrected chi connectivity index (χ1v) is 9.54. The molecule has 1 aromatic carbocycles. The van der Waals surface area contributed by atoms with E-state index in [1.165, 1.54) is 31.4 Å². The van der Waals surface area contributed by atoms with Crippen LogP contribution < -0.4 is 14.8 Å². The third kappa shape index (κ3) is 5.47. The number of amides is 1. The zero-order chi connectivity index (χ0) is 20.7. The van der Waals surface area contributed by atoms with Crippen molar-refractivity contribution in [1.82, 2.24) is 0 Å². The van der Waals surface area contributed by atoms with E-state index < -0.39 is 18.0 Å². The molecule has 0 aliphatic rings. The van der Waals surface area contributed by atoms with E-state index in [-0.39, 0.29) is 5.56 Å². The monoisotopic (exact) mass is 402 g/mol. The zero-order valence-corrected chi connectivity index (χ0v) is 17.0. The summed E-state index contributed by atoms with van der Waals surface area (Å²) in [6, 6.07) is 8.28. The van der Waals surface area contributed by atoms with Gasteiger partial charge in [-0.05, 0) is 42.5 Å². The van der Waals surface area contributed by atoms with Crippen LogP contribution in [0.2, 0.25) is 0 Å². The molecule has 28 heavy (non-hydrogen) atoms. The Morgan fingerprint density at radius 3 is 2.61 bits per heavy atom. The highest BCUT2D eigenvalue weighted by Gasteiger charge is 2.21. The lowest BCUT2D eigenvalue weighted by atomic mass is 10.2. The highest BCUT2D eigenvalue weighted by Crippen LogP contribution is 2.29. The second kappa shape index (κ2) is 9.76. The van der Waals surface area contributed by atoms with E-state index >= 15 is 0 Å². The molecule has 1 amide bonds. The van der Waals surface area contributed by atoms with E-state index in [1.54, 1.807) is 23.6 Å². The predicted molar refractivity (Wildman–Crippen MR) is 106 cm³/mol. The van der Waals surface area contributed by atoms with Gasteiger partial charge in [0, 0.05) is 0 Å². The standard InChI is InChI=1S/C20H22N2O5S/c1-12(2)11-26-16-6-5-14(9-17(16)25-4)20(24)27-13(3)18(23)22-19-15(10-21)7-8-28-19/h5-9,12-13H,11H2,1-4H3,(H,22,23)/t13-/m0/s1. The van der Waals surface area contributed by atoms with E-state index in [2.05, 4.69) is 5.32 Å². The summed E-state index contributed by atoms with van der Waals surface area (Å²) in [5.74, 6) is 0.0996. The zero-order valence-electron chi connectivity index (χ0n) is 16.1. The minimum Gasteiger partial charge on any atom is -0.493 e. The summed E-state index contributed by atoms with van der Waals surface area (Å²) in [4.78, 5) is 24.6. The molecule has 0 unspecified atom stereocenters. The van der Waals surface area contributed by atoms with Crippen LogP contribution >= 0.6 is 11.3 Å². The minimum atomic E-state index is -1.04. The van der Waals surface area contributed by atoms with Crippen molar-refractivity contribution in [3.05, 3.63) is 40.8 Å². The molecule has 0 saturated heterocycles. The lowest BCUT2D eigenvalue weighted by Crippen LogP contribution is -2.29. The van der Waals surface area contributed by atoms with Crippen LogP contribution in [-0.4, -0.2) is 31.7 Å². The maximum absolute atomic E-state index is 12.4. The Morgan fingerprint density at radius 1 is 1.21 bits per heavy atom. The number of nitrogens with one attached hydrogen (secondary N) is 1. The van der Waals surface area contributed by atoms with Crippen LogP contribution in [0.15, 0.2) is 29.6 Å². The average Bonchev–Trinajstić information content (AvgIpc) is 3.12. The molecule has 0 aliphatic carbocycles. The quantitative estimate of drug-likeness (QED) is 0.674. The number of carbonyl (C=O) groups is 2. The van der Waals surface area contributed by atoms with Crippen molar-refractivity contribution in [2.45, 2.75) is 26.9 Å². The molecular formula is C20H22N2O5S. The van der Waals surface area contributed by atoms with Gasteiger partial charge >= 0.3 is 5.97 Å². The molecule has 148 valence electrons. The van der Waals surface area contributed by atoms with Crippen LogP contribution in [-0.2, 0) is 9.53 Å². The molecular weight excluding hydrogens is 380 g/mol. The fourth-order valence-electron chi connectivity index (χ4n) is 2.16. The van der Waals surface area contributed by atoms with Gasteiger partial charge in [0.25, 0.3) is 5.91 Å². The van der Waals surface area contributed by atoms with Crippen LogP contribution in [0.4, 0.5) is 5.00 Å². The Kier molecular flexibility index (Phi) is 7.41. The SMILES string of the molecule is COc1cc(C(=O)O[C@@H](C)C(=O)Nc2sccc2C#N)ccc1OCC(C)C. The number of esters is 1. The second-order valence-corrected chi connectivity index (χ2v) is 7.30. The van der Waals surface area contributed by atoms with Gasteiger partial charge in [0.05, 0.1) is 24.8 Å². The first kappa shape index (κ1) is 21.3. The average molecular weight is 402 g/mol. The Bertz CT molecular complexity index is 885. The van der Waals surface area contributed by atoms with Crippen molar-refractivity contribution in [3.8, 4) is 17.6 Å². The maximum Gasteiger partial charge on any atom is 0.339 e. The van der Waals surface area contributed by atoms with Crippen molar-refractivity contribution in [2.75, 3.05) is 19.0 Å². The topological polar surface area (TPSA) is 97.6 Å². The van der Waals surface area contributed by atoms with Gasteiger partial charge < -0.3 is 19.5 Å². The Balaban J connectivity index is 2.03. The van der Waals surface area contributed by atoms with Crippen molar-refractivity contribution in [3.63, 3.8) is 0 Å². The van der Waals surface area contributed by atoms with E-state index in [9.17, 15) is 9.59 Å². The Labute approximate surface area is 167 Å². The Morgan fingerprint density at radius 2 is 1.96 bits per heavy atom. The molecule has 0 saturated carbocycles. The number of nitrogens with zero attached hydrogens (tertiary/aromatic N) is 1. The van der Waals surface area contributed by atoms with Crippen LogP contribution in [0.25, 0.3) is 0 Å². The number of anilines is 1. The summed E-state index contributed by atoms with van der Waals surface area (Å²) in [7, 11) is 1.48. The number of hydrogen-bond donors (Lipinski definition) is 1. The summed E-state index contributed by atoms with van der Waals surface area (Å²) in [5, 5.41) is 13.7. The van der Waals surface area contributed by atoms with Crippen molar-refractivity contribution < 1.29 is 23.8 Å². The van der Waals surface area contributed by atoms with Gasteiger partial charge in [0.2, 0.25) is 0 Å². The third-order valence-electron chi connectivity index (χ3n) is 3.65. The van der Waals surface area contributed by atoms with Crippen LogP contribution in [0.1, 0.15) is 36.7 Å². The Hall–Kier alpha value is -3.05. The van der Waals surface area contributed by atoms with E-state index in [4.69, 9.17) is 19.5 Å². The van der Waals surface area contributed by atoms with Crippen LogP contribution in [0, 0.1) is 17.2 Å². The largest absolute Gasteiger partial charge is 0.493 e. The van der Waals surface area contributed by atoms with Crippen molar-refractivity contribution in [1.29, 1.82) is 5.26 Å². The van der Waals surface area contributed by atoms with Crippen LogP contribution in [0.5, 0.6) is 11.5 Å². The summed E-state index contributed by atoms with van der Waals surface area (Å²) in [5.41, 5.74) is 0.598. The van der Waals surface area contributed by atoms with Crippen molar-refractivity contribution >= 4 is 28.2 Å². The van der Waals surface area contributed by atoms with Crippen LogP contribution in [0.3, 0.4) is 0 Å². The first-order chi connectivity index (χ1) is 13.3. The summed E-state index contributed by atoms with van der Waals surface area (Å²) >= 11 is 1.22. The molecule has 0 fully saturated rings. The van der Waals surface area contributed by atoms with Gasteiger partial charge in [0.15, 0.2) is 17.6 Å². The number of benzene rings is 1. The highest BCUT2D eigenvalue weighted by molar-refractivity contribution is 7.14. The summed E-state index contributed by atoms with van der Waals surface area (Å²) < 4.78 is 16.2. The second-order valence-electron chi connectivity index (χ2n) is 6.38. The smallest absolute Gasteiger partial charge is 0.339 e. The number of ether oxygens (including phenoxy) is 3. The number of hydrogen-bond acceptors (Lipinski definition) is 7. The molecule has 0 aliphatic heterocycles. The summed E-state index contributed by atoms with van der Waals surface area (Å²) in [6.07, 6.45) is -1.04. The summed E-state index contributed by atoms with van der Waals surface area (Å²) in [6.45, 7) is 6.04.